The predicted molar refractivity (Wildman–Crippen MR) is 200 cm³/mol. The SMILES string of the molecule is C=C.N#Cc1ccc2c(c1)c1cc(-c3cccc(-c4cccc(-c5ccccc5)c4)c3)ccc1n2-c1ccc2oc3ccccc3c2c1. The Balaban J connectivity index is 0.00000165. The lowest BCUT2D eigenvalue weighted by Crippen LogP contribution is -1.93. The summed E-state index contributed by atoms with van der Waals surface area (Å²) in [6, 6.07) is 57.5. The quantitative estimate of drug-likeness (QED) is 0.185. The normalized spacial score (nSPS) is 11.1. The highest BCUT2D eigenvalue weighted by Crippen LogP contribution is 2.38. The van der Waals surface area contributed by atoms with Crippen LogP contribution in [0.5, 0.6) is 0 Å². The number of hydrogen-bond acceptors (Lipinski definition) is 2. The number of aromatic nitrogens is 1. The highest BCUT2D eigenvalue weighted by Gasteiger charge is 2.16. The van der Waals surface area contributed by atoms with E-state index in [0.29, 0.717) is 5.56 Å². The van der Waals surface area contributed by atoms with Gasteiger partial charge in [-0.1, -0.05) is 91.0 Å². The van der Waals surface area contributed by atoms with Crippen LogP contribution >= 0.6 is 0 Å². The summed E-state index contributed by atoms with van der Waals surface area (Å²) in [6.45, 7) is 6.00. The third-order valence-corrected chi connectivity index (χ3v) is 9.01. The first-order valence-electron chi connectivity index (χ1n) is 15.9. The van der Waals surface area contributed by atoms with Crippen molar-refractivity contribution in [2.75, 3.05) is 0 Å². The number of fused-ring (bicyclic) bond motifs is 6. The molecule has 9 aromatic rings. The molecule has 48 heavy (non-hydrogen) atoms. The van der Waals surface area contributed by atoms with Crippen LogP contribution in [-0.4, -0.2) is 4.57 Å². The van der Waals surface area contributed by atoms with Gasteiger partial charge in [-0.05, 0) is 100 Å². The average molecular weight is 615 g/mol. The van der Waals surface area contributed by atoms with Crippen LogP contribution in [0.2, 0.25) is 0 Å². The van der Waals surface area contributed by atoms with Crippen molar-refractivity contribution in [3.8, 4) is 45.1 Å². The molecule has 2 aromatic heterocycles. The molecule has 7 aromatic carbocycles. The van der Waals surface area contributed by atoms with E-state index in [1.807, 2.05) is 36.4 Å². The molecule has 0 saturated heterocycles. The van der Waals surface area contributed by atoms with E-state index in [4.69, 9.17) is 4.42 Å². The maximum absolute atomic E-state index is 9.78. The Labute approximate surface area is 278 Å². The Bertz CT molecular complexity index is 2670. The largest absolute Gasteiger partial charge is 0.456 e. The van der Waals surface area contributed by atoms with Crippen molar-refractivity contribution in [2.24, 2.45) is 0 Å². The monoisotopic (exact) mass is 614 g/mol. The number of hydrogen-bond donors (Lipinski definition) is 0. The molecule has 0 bridgehead atoms. The van der Waals surface area contributed by atoms with Crippen molar-refractivity contribution in [3.05, 3.63) is 176 Å². The molecule has 2 heterocycles. The molecule has 0 amide bonds. The van der Waals surface area contributed by atoms with E-state index in [9.17, 15) is 5.26 Å². The van der Waals surface area contributed by atoms with Gasteiger partial charge in [0.1, 0.15) is 11.2 Å². The molecule has 3 nitrogen and oxygen atoms in total. The summed E-state index contributed by atoms with van der Waals surface area (Å²) in [5, 5.41) is 14.1. The molecule has 0 spiro atoms. The molecule has 0 fully saturated rings. The molecule has 0 aliphatic rings. The van der Waals surface area contributed by atoms with E-state index >= 15 is 0 Å². The molecule has 0 N–H and O–H groups in total. The van der Waals surface area contributed by atoms with E-state index < -0.39 is 0 Å². The van der Waals surface area contributed by atoms with Crippen LogP contribution in [0.1, 0.15) is 5.56 Å². The fourth-order valence-corrected chi connectivity index (χ4v) is 6.79. The van der Waals surface area contributed by atoms with Gasteiger partial charge in [0.2, 0.25) is 0 Å². The predicted octanol–water partition coefficient (Wildman–Crippen LogP) is 12.4. The van der Waals surface area contributed by atoms with Gasteiger partial charge in [0.15, 0.2) is 0 Å². The third kappa shape index (κ3) is 4.85. The Morgan fingerprint density at radius 1 is 0.438 bits per heavy atom. The first kappa shape index (κ1) is 28.8. The summed E-state index contributed by atoms with van der Waals surface area (Å²) in [7, 11) is 0. The van der Waals surface area contributed by atoms with Crippen LogP contribution in [0.3, 0.4) is 0 Å². The Morgan fingerprint density at radius 2 is 1.00 bits per heavy atom. The van der Waals surface area contributed by atoms with Gasteiger partial charge in [-0.3, -0.25) is 0 Å². The molecule has 0 aliphatic heterocycles. The third-order valence-electron chi connectivity index (χ3n) is 9.01. The number of furan rings is 1. The highest BCUT2D eigenvalue weighted by molar-refractivity contribution is 6.12. The Hall–Kier alpha value is -6.63. The molecule has 226 valence electrons. The lowest BCUT2D eigenvalue weighted by atomic mass is 9.95. The van der Waals surface area contributed by atoms with E-state index in [0.717, 1.165) is 60.6 Å². The first-order chi connectivity index (χ1) is 23.7. The Morgan fingerprint density at radius 3 is 1.71 bits per heavy atom. The minimum absolute atomic E-state index is 0.647. The zero-order chi connectivity index (χ0) is 32.6. The smallest absolute Gasteiger partial charge is 0.135 e. The van der Waals surface area contributed by atoms with Crippen LogP contribution in [0, 0.1) is 11.3 Å². The van der Waals surface area contributed by atoms with Crippen LogP contribution in [-0.2, 0) is 0 Å². The van der Waals surface area contributed by atoms with Crippen molar-refractivity contribution in [1.82, 2.24) is 4.57 Å². The van der Waals surface area contributed by atoms with Crippen LogP contribution < -0.4 is 0 Å². The second-order valence-corrected chi connectivity index (χ2v) is 11.7. The molecular formula is C45H30N2O. The van der Waals surface area contributed by atoms with Crippen molar-refractivity contribution in [2.45, 2.75) is 0 Å². The van der Waals surface area contributed by atoms with Crippen LogP contribution in [0.15, 0.2) is 175 Å². The lowest BCUT2D eigenvalue weighted by molar-refractivity contribution is 0.669. The summed E-state index contributed by atoms with van der Waals surface area (Å²) in [6.07, 6.45) is 0. The molecule has 3 heteroatoms. The number of benzene rings is 7. The Kier molecular flexibility index (Phi) is 7.17. The summed E-state index contributed by atoms with van der Waals surface area (Å²) in [5.74, 6) is 0. The average Bonchev–Trinajstić information content (AvgIpc) is 3.70. The van der Waals surface area contributed by atoms with Gasteiger partial charge < -0.3 is 8.98 Å². The van der Waals surface area contributed by atoms with Crippen molar-refractivity contribution in [1.29, 1.82) is 5.26 Å². The van der Waals surface area contributed by atoms with Gasteiger partial charge in [0.25, 0.3) is 0 Å². The first-order valence-corrected chi connectivity index (χ1v) is 15.9. The minimum atomic E-state index is 0.647. The summed E-state index contributed by atoms with van der Waals surface area (Å²) >= 11 is 0. The summed E-state index contributed by atoms with van der Waals surface area (Å²) in [4.78, 5) is 0. The van der Waals surface area contributed by atoms with Gasteiger partial charge in [-0.25, -0.2) is 0 Å². The maximum Gasteiger partial charge on any atom is 0.135 e. The van der Waals surface area contributed by atoms with Crippen molar-refractivity contribution < 1.29 is 4.42 Å². The zero-order valence-electron chi connectivity index (χ0n) is 26.2. The standard InChI is InChI=1S/C43H26N2O.C2H4/c44-27-28-16-19-40-37(22-28)38-25-34(33-13-7-12-32(24-33)31-11-6-10-30(23-31)29-8-2-1-3-9-29)17-20-41(38)45(40)35-18-21-43-39(26-35)36-14-4-5-15-42(36)46-43;1-2/h1-26H;1-2H2. The second kappa shape index (κ2) is 11.9. The molecule has 0 unspecified atom stereocenters. The topological polar surface area (TPSA) is 41.9 Å². The highest BCUT2D eigenvalue weighted by atomic mass is 16.3. The van der Waals surface area contributed by atoms with Crippen LogP contribution in [0.4, 0.5) is 0 Å². The molecule has 0 radical (unpaired) electrons. The molecular weight excluding hydrogens is 585 g/mol. The zero-order valence-corrected chi connectivity index (χ0v) is 26.2. The maximum atomic E-state index is 9.78. The fourth-order valence-electron chi connectivity index (χ4n) is 6.79. The van der Waals surface area contributed by atoms with E-state index in [1.54, 1.807) is 0 Å². The van der Waals surface area contributed by atoms with E-state index in [1.165, 1.54) is 22.3 Å². The van der Waals surface area contributed by atoms with Gasteiger partial charge >= 0.3 is 0 Å². The van der Waals surface area contributed by atoms with Crippen molar-refractivity contribution in [3.63, 3.8) is 0 Å². The number of nitriles is 1. The molecule has 9 rings (SSSR count). The van der Waals surface area contributed by atoms with E-state index in [-0.39, 0.29) is 0 Å². The summed E-state index contributed by atoms with van der Waals surface area (Å²) in [5.41, 5.74) is 12.6. The lowest BCUT2D eigenvalue weighted by Gasteiger charge is -2.10. The number of nitrogens with zero attached hydrogens (tertiary/aromatic N) is 2. The van der Waals surface area contributed by atoms with Crippen molar-refractivity contribution >= 4 is 43.7 Å². The summed E-state index contributed by atoms with van der Waals surface area (Å²) < 4.78 is 8.41. The van der Waals surface area contributed by atoms with E-state index in [2.05, 4.69) is 145 Å². The number of para-hydroxylation sites is 1. The molecule has 0 aliphatic carbocycles. The minimum Gasteiger partial charge on any atom is -0.456 e. The van der Waals surface area contributed by atoms with Gasteiger partial charge in [0.05, 0.1) is 22.7 Å². The molecule has 0 atom stereocenters. The second-order valence-electron chi connectivity index (χ2n) is 11.7. The molecule has 0 saturated carbocycles. The van der Waals surface area contributed by atoms with Gasteiger partial charge in [-0.2, -0.15) is 5.26 Å². The van der Waals surface area contributed by atoms with Gasteiger partial charge in [-0.15, -0.1) is 13.2 Å². The fraction of sp³-hybridized carbons (Fsp3) is 0. The van der Waals surface area contributed by atoms with Gasteiger partial charge in [0, 0.05) is 27.2 Å². The van der Waals surface area contributed by atoms with Crippen LogP contribution in [0.25, 0.3) is 82.8 Å². The number of rotatable bonds is 4.